The Morgan fingerprint density at radius 1 is 1.41 bits per heavy atom. The molecule has 0 atom stereocenters. The van der Waals surface area contributed by atoms with Crippen LogP contribution in [0.15, 0.2) is 24.3 Å². The van der Waals surface area contributed by atoms with Crippen molar-refractivity contribution in [3.8, 4) is 5.75 Å². The van der Waals surface area contributed by atoms with E-state index in [1.54, 1.807) is 24.3 Å². The van der Waals surface area contributed by atoms with E-state index in [9.17, 15) is 9.90 Å². The van der Waals surface area contributed by atoms with Gasteiger partial charge in [-0.2, -0.15) is 0 Å². The molecule has 2 N–H and O–H groups in total. The molecule has 1 aromatic carbocycles. The summed E-state index contributed by atoms with van der Waals surface area (Å²) in [6, 6.07) is 6.59. The van der Waals surface area contributed by atoms with Crippen molar-refractivity contribution < 1.29 is 14.6 Å². The summed E-state index contributed by atoms with van der Waals surface area (Å²) < 4.78 is 5.25. The maximum Gasteiger partial charge on any atom is 0.224 e. The van der Waals surface area contributed by atoms with Crippen molar-refractivity contribution in [1.29, 1.82) is 0 Å². The van der Waals surface area contributed by atoms with Crippen LogP contribution < -0.4 is 5.32 Å². The number of carbonyl (C=O) groups is 1. The first-order valence-electron chi connectivity index (χ1n) is 5.90. The average Bonchev–Trinajstić information content (AvgIpc) is 2.30. The maximum absolute atomic E-state index is 11.8. The molecular formula is C13H17NO3. The van der Waals surface area contributed by atoms with Crippen molar-refractivity contribution in [3.63, 3.8) is 0 Å². The van der Waals surface area contributed by atoms with Gasteiger partial charge in [0.1, 0.15) is 5.75 Å². The van der Waals surface area contributed by atoms with Crippen LogP contribution in [0.3, 0.4) is 0 Å². The highest BCUT2D eigenvalue weighted by Crippen LogP contribution is 2.20. The summed E-state index contributed by atoms with van der Waals surface area (Å²) in [6.07, 6.45) is 2.43. The Balaban J connectivity index is 1.84. The minimum absolute atomic E-state index is 0.00231. The normalized spacial score (nSPS) is 16.7. The topological polar surface area (TPSA) is 58.6 Å². The highest BCUT2D eigenvalue weighted by atomic mass is 16.5. The van der Waals surface area contributed by atoms with Crippen molar-refractivity contribution in [1.82, 2.24) is 0 Å². The molecule has 0 aliphatic carbocycles. The van der Waals surface area contributed by atoms with Crippen LogP contribution >= 0.6 is 0 Å². The van der Waals surface area contributed by atoms with Gasteiger partial charge in [0.05, 0.1) is 0 Å². The number of hydrogen-bond donors (Lipinski definition) is 2. The van der Waals surface area contributed by atoms with Crippen LogP contribution in [0.5, 0.6) is 5.75 Å². The minimum Gasteiger partial charge on any atom is -0.508 e. The number of benzene rings is 1. The quantitative estimate of drug-likeness (QED) is 0.844. The lowest BCUT2D eigenvalue weighted by Gasteiger charge is -2.21. The van der Waals surface area contributed by atoms with Crippen molar-refractivity contribution in [2.75, 3.05) is 18.5 Å². The summed E-state index contributed by atoms with van der Waals surface area (Å²) in [5.74, 6) is 0.581. The van der Waals surface area contributed by atoms with Crippen LogP contribution in [0, 0.1) is 5.92 Å². The highest BCUT2D eigenvalue weighted by Gasteiger charge is 2.17. The van der Waals surface area contributed by atoms with Gasteiger partial charge < -0.3 is 15.2 Å². The summed E-state index contributed by atoms with van der Waals surface area (Å²) >= 11 is 0. The standard InChI is InChI=1S/C13H17NO3/c15-12-3-1-2-11(9-12)14-13(16)8-10-4-6-17-7-5-10/h1-3,9-10,15H,4-8H2,(H,14,16). The third kappa shape index (κ3) is 3.75. The SMILES string of the molecule is O=C(CC1CCOCC1)Nc1cccc(O)c1. The Labute approximate surface area is 101 Å². The molecule has 1 fully saturated rings. The van der Waals surface area contributed by atoms with E-state index in [2.05, 4.69) is 5.32 Å². The first kappa shape index (κ1) is 11.9. The first-order valence-corrected chi connectivity index (χ1v) is 5.90. The molecule has 1 aliphatic heterocycles. The second-order valence-electron chi connectivity index (χ2n) is 4.36. The fourth-order valence-electron chi connectivity index (χ4n) is 2.01. The second-order valence-corrected chi connectivity index (χ2v) is 4.36. The lowest BCUT2D eigenvalue weighted by molar-refractivity contribution is -0.117. The molecule has 0 saturated carbocycles. The molecule has 0 radical (unpaired) electrons. The van der Waals surface area contributed by atoms with Crippen LogP contribution in [0.4, 0.5) is 5.69 Å². The van der Waals surface area contributed by atoms with Crippen molar-refractivity contribution in [2.45, 2.75) is 19.3 Å². The van der Waals surface area contributed by atoms with E-state index in [1.807, 2.05) is 0 Å². The zero-order chi connectivity index (χ0) is 12.1. The second kappa shape index (κ2) is 5.68. The molecule has 1 saturated heterocycles. The third-order valence-corrected chi connectivity index (χ3v) is 2.94. The largest absolute Gasteiger partial charge is 0.508 e. The number of phenolic OH excluding ortho intramolecular Hbond substituents is 1. The fraction of sp³-hybridized carbons (Fsp3) is 0.462. The van der Waals surface area contributed by atoms with Gasteiger partial charge in [0.2, 0.25) is 5.91 Å². The number of nitrogens with one attached hydrogen (secondary N) is 1. The predicted octanol–water partition coefficient (Wildman–Crippen LogP) is 2.15. The van der Waals surface area contributed by atoms with Gasteiger partial charge in [0.25, 0.3) is 0 Å². The molecule has 1 aliphatic rings. The summed E-state index contributed by atoms with van der Waals surface area (Å²) in [7, 11) is 0. The molecule has 4 heteroatoms. The lowest BCUT2D eigenvalue weighted by Crippen LogP contribution is -2.22. The minimum atomic E-state index is 0.00231. The molecule has 1 amide bonds. The molecule has 4 nitrogen and oxygen atoms in total. The number of rotatable bonds is 3. The smallest absolute Gasteiger partial charge is 0.224 e. The van der Waals surface area contributed by atoms with Crippen molar-refractivity contribution in [3.05, 3.63) is 24.3 Å². The predicted molar refractivity (Wildman–Crippen MR) is 64.9 cm³/mol. The van der Waals surface area contributed by atoms with Crippen molar-refractivity contribution in [2.24, 2.45) is 5.92 Å². The Hall–Kier alpha value is -1.55. The first-order chi connectivity index (χ1) is 8.24. The molecule has 0 aromatic heterocycles. The van der Waals surface area contributed by atoms with Gasteiger partial charge in [-0.05, 0) is 30.9 Å². The van der Waals surface area contributed by atoms with E-state index < -0.39 is 0 Å². The van der Waals surface area contributed by atoms with Crippen molar-refractivity contribution >= 4 is 11.6 Å². The van der Waals surface area contributed by atoms with Crippen LogP contribution in [0.25, 0.3) is 0 Å². The van der Waals surface area contributed by atoms with E-state index in [1.165, 1.54) is 0 Å². The number of phenols is 1. The third-order valence-electron chi connectivity index (χ3n) is 2.94. The Kier molecular flexibility index (Phi) is 3.98. The molecule has 1 aromatic rings. The van der Waals surface area contributed by atoms with E-state index in [0.717, 1.165) is 26.1 Å². The Morgan fingerprint density at radius 3 is 2.88 bits per heavy atom. The molecule has 0 unspecified atom stereocenters. The van der Waals surface area contributed by atoms with Gasteiger partial charge >= 0.3 is 0 Å². The van der Waals surface area contributed by atoms with Gasteiger partial charge in [-0.3, -0.25) is 4.79 Å². The number of carbonyl (C=O) groups excluding carboxylic acids is 1. The van der Waals surface area contributed by atoms with Crippen LogP contribution in [-0.4, -0.2) is 24.2 Å². The Bertz CT molecular complexity index is 386. The molecular weight excluding hydrogens is 218 g/mol. The van der Waals surface area contributed by atoms with Gasteiger partial charge in [-0.25, -0.2) is 0 Å². The monoisotopic (exact) mass is 235 g/mol. The average molecular weight is 235 g/mol. The number of anilines is 1. The van der Waals surface area contributed by atoms with Crippen LogP contribution in [-0.2, 0) is 9.53 Å². The molecule has 0 spiro atoms. The number of aromatic hydroxyl groups is 1. The highest BCUT2D eigenvalue weighted by molar-refractivity contribution is 5.91. The fourth-order valence-corrected chi connectivity index (χ4v) is 2.01. The van der Waals surface area contributed by atoms with Gasteiger partial charge in [0, 0.05) is 31.4 Å². The van der Waals surface area contributed by atoms with Crippen LogP contribution in [0.2, 0.25) is 0 Å². The zero-order valence-electron chi connectivity index (χ0n) is 9.69. The van der Waals surface area contributed by atoms with Gasteiger partial charge in [0.15, 0.2) is 0 Å². The summed E-state index contributed by atoms with van der Waals surface area (Å²) in [6.45, 7) is 1.51. The maximum atomic E-state index is 11.8. The summed E-state index contributed by atoms with van der Waals surface area (Å²) in [4.78, 5) is 11.8. The van der Waals surface area contributed by atoms with E-state index in [-0.39, 0.29) is 11.7 Å². The van der Waals surface area contributed by atoms with E-state index >= 15 is 0 Å². The number of ether oxygens (including phenoxy) is 1. The molecule has 17 heavy (non-hydrogen) atoms. The van der Waals surface area contributed by atoms with E-state index in [0.29, 0.717) is 18.0 Å². The molecule has 2 rings (SSSR count). The zero-order valence-corrected chi connectivity index (χ0v) is 9.69. The number of amides is 1. The Morgan fingerprint density at radius 2 is 2.18 bits per heavy atom. The molecule has 1 heterocycles. The van der Waals surface area contributed by atoms with Gasteiger partial charge in [-0.15, -0.1) is 0 Å². The molecule has 92 valence electrons. The van der Waals surface area contributed by atoms with Crippen LogP contribution in [0.1, 0.15) is 19.3 Å². The summed E-state index contributed by atoms with van der Waals surface area (Å²) in [5.41, 5.74) is 0.641. The summed E-state index contributed by atoms with van der Waals surface area (Å²) in [5, 5.41) is 12.1. The molecule has 0 bridgehead atoms. The number of hydrogen-bond acceptors (Lipinski definition) is 3. The van der Waals surface area contributed by atoms with E-state index in [4.69, 9.17) is 4.74 Å². The lowest BCUT2D eigenvalue weighted by atomic mass is 9.96. The van der Waals surface area contributed by atoms with Gasteiger partial charge in [-0.1, -0.05) is 6.07 Å².